The highest BCUT2D eigenvalue weighted by Gasteiger charge is 2.16. The van der Waals surface area contributed by atoms with Gasteiger partial charge in [0.1, 0.15) is 6.33 Å². The Morgan fingerprint density at radius 1 is 1.26 bits per heavy atom. The van der Waals surface area contributed by atoms with Crippen molar-refractivity contribution in [3.05, 3.63) is 51.5 Å². The lowest BCUT2D eigenvalue weighted by molar-refractivity contribution is -0.146. The van der Waals surface area contributed by atoms with E-state index < -0.39 is 18.5 Å². The number of hydrogen-bond acceptors (Lipinski definition) is 6. The monoisotopic (exact) mass is 407 g/mol. The molecule has 0 saturated heterocycles. The van der Waals surface area contributed by atoms with Crippen LogP contribution in [0.15, 0.2) is 24.5 Å². The summed E-state index contributed by atoms with van der Waals surface area (Å²) in [5, 5.41) is 7.15. The first-order valence-electron chi connectivity index (χ1n) is 7.92. The highest BCUT2D eigenvalue weighted by molar-refractivity contribution is 6.44. The number of hydrogen-bond donors (Lipinski definition) is 1. The number of carbonyl (C=O) groups is 2. The minimum absolute atomic E-state index is 0.0360. The Balaban J connectivity index is 1.61. The minimum atomic E-state index is -0.560. The number of fused-ring (bicyclic) bond motifs is 1. The molecule has 0 radical (unpaired) electrons. The third-order valence-corrected chi connectivity index (χ3v) is 4.72. The van der Waals surface area contributed by atoms with Crippen LogP contribution < -0.4 is 5.32 Å². The first-order valence-corrected chi connectivity index (χ1v) is 8.67. The molecule has 10 heteroatoms. The van der Waals surface area contributed by atoms with Crippen LogP contribution >= 0.6 is 23.2 Å². The maximum absolute atomic E-state index is 12.1. The van der Waals surface area contributed by atoms with Crippen LogP contribution in [-0.4, -0.2) is 38.1 Å². The largest absolute Gasteiger partial charge is 0.455 e. The van der Waals surface area contributed by atoms with E-state index in [0.29, 0.717) is 27.7 Å². The number of nitrogens with zero attached hydrogens (tertiary/aromatic N) is 4. The van der Waals surface area contributed by atoms with Crippen LogP contribution in [0.5, 0.6) is 0 Å². The fourth-order valence-electron chi connectivity index (χ4n) is 2.54. The molecule has 0 bridgehead atoms. The van der Waals surface area contributed by atoms with E-state index in [0.717, 1.165) is 5.69 Å². The molecule has 0 atom stereocenters. The van der Waals surface area contributed by atoms with E-state index in [1.807, 2.05) is 6.92 Å². The number of carbonyl (C=O) groups excluding carboxylic acids is 2. The number of amides is 1. The molecular weight excluding hydrogens is 393 g/mol. The average Bonchev–Trinajstić information content (AvgIpc) is 3.09. The third-order valence-electron chi connectivity index (χ3n) is 3.90. The molecule has 0 aliphatic rings. The van der Waals surface area contributed by atoms with E-state index in [1.165, 1.54) is 6.33 Å². The molecule has 1 N–H and O–H groups in total. The standard InChI is InChI=1S/C17H15Cl2N5O3/c1-9-11(10(2)24-17(22-9)20-8-21-24)6-15(26)27-7-14(25)23-13-5-3-4-12(18)16(13)19/h3-5,8H,6-7H2,1-2H3,(H,23,25). The summed E-state index contributed by atoms with van der Waals surface area (Å²) in [5.74, 6) is -0.625. The third kappa shape index (κ3) is 4.17. The molecule has 3 rings (SSSR count). The predicted octanol–water partition coefficient (Wildman–Crippen LogP) is 2.77. The number of esters is 1. The normalized spacial score (nSPS) is 10.8. The topological polar surface area (TPSA) is 98.5 Å². The maximum atomic E-state index is 12.1. The number of rotatable bonds is 5. The van der Waals surface area contributed by atoms with Crippen LogP contribution in [0.25, 0.3) is 5.78 Å². The molecule has 1 amide bonds. The number of anilines is 1. The Hall–Kier alpha value is -2.71. The first kappa shape index (κ1) is 19.1. The van der Waals surface area contributed by atoms with Crippen LogP contribution in [0.1, 0.15) is 17.0 Å². The second kappa shape index (κ2) is 7.89. The van der Waals surface area contributed by atoms with E-state index in [-0.39, 0.29) is 11.4 Å². The first-order chi connectivity index (χ1) is 12.9. The van der Waals surface area contributed by atoms with Gasteiger partial charge in [0.15, 0.2) is 6.61 Å². The van der Waals surface area contributed by atoms with Gasteiger partial charge in [-0.1, -0.05) is 29.3 Å². The van der Waals surface area contributed by atoms with Crippen LogP contribution in [0, 0.1) is 13.8 Å². The molecule has 1 aromatic carbocycles. The Morgan fingerprint density at radius 2 is 2.04 bits per heavy atom. The molecule has 0 unspecified atom stereocenters. The highest BCUT2D eigenvalue weighted by atomic mass is 35.5. The molecule has 2 heterocycles. The van der Waals surface area contributed by atoms with Crippen LogP contribution in [0.4, 0.5) is 5.69 Å². The quantitative estimate of drug-likeness (QED) is 0.652. The lowest BCUT2D eigenvalue weighted by Crippen LogP contribution is -2.22. The molecule has 0 spiro atoms. The molecule has 0 saturated carbocycles. The zero-order valence-electron chi connectivity index (χ0n) is 14.5. The Kier molecular flexibility index (Phi) is 5.57. The van der Waals surface area contributed by atoms with Crippen molar-refractivity contribution >= 4 is 46.5 Å². The van der Waals surface area contributed by atoms with Gasteiger partial charge in [-0.25, -0.2) is 9.50 Å². The Morgan fingerprint density at radius 3 is 2.81 bits per heavy atom. The number of nitrogens with one attached hydrogen (secondary N) is 1. The summed E-state index contributed by atoms with van der Waals surface area (Å²) in [7, 11) is 0. The number of halogens is 2. The van der Waals surface area contributed by atoms with E-state index in [1.54, 1.807) is 29.6 Å². The summed E-state index contributed by atoms with van der Waals surface area (Å²) in [6.07, 6.45) is 1.36. The van der Waals surface area contributed by atoms with Crippen molar-refractivity contribution in [2.45, 2.75) is 20.3 Å². The van der Waals surface area contributed by atoms with Crippen molar-refractivity contribution in [3.63, 3.8) is 0 Å². The van der Waals surface area contributed by atoms with Crippen LogP contribution in [-0.2, 0) is 20.7 Å². The Labute approximate surface area is 164 Å². The molecule has 140 valence electrons. The van der Waals surface area contributed by atoms with E-state index in [4.69, 9.17) is 27.9 Å². The summed E-state index contributed by atoms with van der Waals surface area (Å²) in [4.78, 5) is 32.4. The minimum Gasteiger partial charge on any atom is -0.455 e. The van der Waals surface area contributed by atoms with Crippen molar-refractivity contribution in [1.82, 2.24) is 19.6 Å². The summed E-state index contributed by atoms with van der Waals surface area (Å²) in [6.45, 7) is 3.14. The number of ether oxygens (including phenoxy) is 1. The van der Waals surface area contributed by atoms with E-state index >= 15 is 0 Å². The van der Waals surface area contributed by atoms with Gasteiger partial charge in [0, 0.05) is 17.0 Å². The van der Waals surface area contributed by atoms with Gasteiger partial charge in [-0.15, -0.1) is 0 Å². The van der Waals surface area contributed by atoms with Crippen molar-refractivity contribution in [2.75, 3.05) is 11.9 Å². The smallest absolute Gasteiger partial charge is 0.310 e. The fraction of sp³-hybridized carbons (Fsp3) is 0.235. The van der Waals surface area contributed by atoms with E-state index in [2.05, 4.69) is 20.4 Å². The average molecular weight is 408 g/mol. The van der Waals surface area contributed by atoms with E-state index in [9.17, 15) is 9.59 Å². The van der Waals surface area contributed by atoms with Crippen molar-refractivity contribution in [3.8, 4) is 0 Å². The van der Waals surface area contributed by atoms with Crippen molar-refractivity contribution in [1.29, 1.82) is 0 Å². The van der Waals surface area contributed by atoms with Gasteiger partial charge in [-0.05, 0) is 26.0 Å². The molecule has 3 aromatic rings. The van der Waals surface area contributed by atoms with Gasteiger partial charge in [0.2, 0.25) is 0 Å². The summed E-state index contributed by atoms with van der Waals surface area (Å²) >= 11 is 11.9. The zero-order valence-corrected chi connectivity index (χ0v) is 16.0. The second-order valence-corrected chi connectivity index (χ2v) is 6.51. The number of benzene rings is 1. The molecule has 8 nitrogen and oxygen atoms in total. The molecule has 0 fully saturated rings. The van der Waals surface area contributed by atoms with Gasteiger partial charge < -0.3 is 10.1 Å². The Bertz CT molecular complexity index is 1030. The molecule has 27 heavy (non-hydrogen) atoms. The van der Waals surface area contributed by atoms with Gasteiger partial charge in [-0.2, -0.15) is 10.1 Å². The van der Waals surface area contributed by atoms with Gasteiger partial charge in [0.25, 0.3) is 11.7 Å². The fourth-order valence-corrected chi connectivity index (χ4v) is 2.89. The molecular formula is C17H15Cl2N5O3. The second-order valence-electron chi connectivity index (χ2n) is 5.72. The maximum Gasteiger partial charge on any atom is 0.310 e. The molecule has 0 aliphatic heterocycles. The number of aryl methyl sites for hydroxylation is 2. The summed E-state index contributed by atoms with van der Waals surface area (Å²) in [5.41, 5.74) is 2.41. The van der Waals surface area contributed by atoms with Crippen LogP contribution in [0.3, 0.4) is 0 Å². The van der Waals surface area contributed by atoms with Gasteiger partial charge in [-0.3, -0.25) is 9.59 Å². The molecule has 2 aromatic heterocycles. The van der Waals surface area contributed by atoms with Crippen molar-refractivity contribution < 1.29 is 14.3 Å². The van der Waals surface area contributed by atoms with Gasteiger partial charge >= 0.3 is 5.97 Å². The van der Waals surface area contributed by atoms with Crippen LogP contribution in [0.2, 0.25) is 10.0 Å². The summed E-state index contributed by atoms with van der Waals surface area (Å²) < 4.78 is 6.60. The number of aromatic nitrogens is 4. The predicted molar refractivity (Wildman–Crippen MR) is 100 cm³/mol. The SMILES string of the molecule is Cc1nc2ncnn2c(C)c1CC(=O)OCC(=O)Nc1cccc(Cl)c1Cl. The lowest BCUT2D eigenvalue weighted by Gasteiger charge is -2.11. The molecule has 0 aliphatic carbocycles. The highest BCUT2D eigenvalue weighted by Crippen LogP contribution is 2.29. The van der Waals surface area contributed by atoms with Gasteiger partial charge in [0.05, 0.1) is 22.2 Å². The summed E-state index contributed by atoms with van der Waals surface area (Å²) in [6, 6.07) is 4.85. The zero-order chi connectivity index (χ0) is 19.6. The van der Waals surface area contributed by atoms with Crippen molar-refractivity contribution in [2.24, 2.45) is 0 Å². The lowest BCUT2D eigenvalue weighted by atomic mass is 10.1.